The predicted octanol–water partition coefficient (Wildman–Crippen LogP) is 2.65. The van der Waals surface area contributed by atoms with Crippen LogP contribution in [0.1, 0.15) is 27.7 Å². The van der Waals surface area contributed by atoms with Crippen molar-refractivity contribution in [3.63, 3.8) is 0 Å². The van der Waals surface area contributed by atoms with Gasteiger partial charge in [0.05, 0.1) is 0 Å². The summed E-state index contributed by atoms with van der Waals surface area (Å²) in [6.07, 6.45) is 0. The summed E-state index contributed by atoms with van der Waals surface area (Å²) in [6, 6.07) is 10.3. The number of hydrogen-bond donors (Lipinski definition) is 1. The molecule has 1 aromatic carbocycles. The molecule has 0 fully saturated rings. The predicted molar refractivity (Wildman–Crippen MR) is 64.2 cm³/mol. The SMILES string of the molecule is C[CH](C)[Sn]([OH])([c]1ccccc1)[CH](C)C. The molecule has 0 aliphatic carbocycles. The molecule has 0 bridgehead atoms. The molecule has 0 spiro atoms. The normalized spacial score (nSPS) is 12.5. The van der Waals surface area contributed by atoms with Crippen LogP contribution in [0, 0.1) is 0 Å². The number of benzene rings is 1. The fraction of sp³-hybridized carbons (Fsp3) is 0.500. The van der Waals surface area contributed by atoms with Crippen LogP contribution in [0.4, 0.5) is 0 Å². The summed E-state index contributed by atoms with van der Waals surface area (Å²) < 4.78 is 12.9. The van der Waals surface area contributed by atoms with Crippen molar-refractivity contribution >= 4 is 22.4 Å². The molecule has 1 nitrogen and oxygen atoms in total. The van der Waals surface area contributed by atoms with Gasteiger partial charge in [-0.3, -0.25) is 0 Å². The van der Waals surface area contributed by atoms with Crippen LogP contribution in [0.25, 0.3) is 0 Å². The first-order valence-electron chi connectivity index (χ1n) is 5.27. The maximum atomic E-state index is 10.8. The Hall–Kier alpha value is -0.0213. The molecule has 0 heterocycles. The van der Waals surface area contributed by atoms with Gasteiger partial charge in [-0.1, -0.05) is 0 Å². The van der Waals surface area contributed by atoms with E-state index < -0.39 is 18.8 Å². The number of rotatable bonds is 3. The second kappa shape index (κ2) is 4.67. The van der Waals surface area contributed by atoms with E-state index in [0.717, 1.165) is 0 Å². The van der Waals surface area contributed by atoms with Crippen LogP contribution < -0.4 is 3.58 Å². The average Bonchev–Trinajstić information content (AvgIpc) is 2.17. The topological polar surface area (TPSA) is 20.2 Å². The monoisotopic (exact) mass is 300 g/mol. The van der Waals surface area contributed by atoms with Crippen molar-refractivity contribution in [1.82, 2.24) is 0 Å². The molecule has 1 N–H and O–H groups in total. The third-order valence-corrected chi connectivity index (χ3v) is 16.6. The summed E-state index contributed by atoms with van der Waals surface area (Å²) in [5, 5.41) is 0. The van der Waals surface area contributed by atoms with E-state index in [-0.39, 0.29) is 0 Å². The Morgan fingerprint density at radius 3 is 1.71 bits per heavy atom. The molecule has 0 atom stereocenters. The first-order valence-corrected chi connectivity index (χ1v) is 11.3. The Kier molecular flexibility index (Phi) is 4.02. The van der Waals surface area contributed by atoms with Gasteiger partial charge >= 0.3 is 91.7 Å². The van der Waals surface area contributed by atoms with Crippen LogP contribution in [0.15, 0.2) is 30.3 Å². The van der Waals surface area contributed by atoms with Crippen LogP contribution in [-0.4, -0.2) is 22.2 Å². The summed E-state index contributed by atoms with van der Waals surface area (Å²) >= 11 is -3.09. The molecule has 0 aliphatic heterocycles. The molecule has 0 saturated heterocycles. The van der Waals surface area contributed by atoms with Crippen molar-refractivity contribution in [2.45, 2.75) is 35.6 Å². The van der Waals surface area contributed by atoms with E-state index in [1.165, 1.54) is 3.58 Å². The molecule has 1 rings (SSSR count). The van der Waals surface area contributed by atoms with Gasteiger partial charge in [0.1, 0.15) is 0 Å². The first kappa shape index (κ1) is 12.1. The maximum absolute atomic E-state index is 10.8. The molecule has 1 aromatic rings. The summed E-state index contributed by atoms with van der Waals surface area (Å²) in [6.45, 7) is 8.62. The van der Waals surface area contributed by atoms with Crippen LogP contribution in [0.5, 0.6) is 0 Å². The quantitative estimate of drug-likeness (QED) is 0.851. The van der Waals surface area contributed by atoms with Gasteiger partial charge in [-0.05, 0) is 0 Å². The summed E-state index contributed by atoms with van der Waals surface area (Å²) in [5.41, 5.74) is 0. The van der Waals surface area contributed by atoms with Crippen LogP contribution in [0.3, 0.4) is 0 Å². The first-order chi connectivity index (χ1) is 6.49. The summed E-state index contributed by atoms with van der Waals surface area (Å²) in [5.74, 6) is 0. The van der Waals surface area contributed by atoms with Crippen LogP contribution in [-0.2, 0) is 0 Å². The molecular formula is C12H20OSn. The Labute approximate surface area is 91.6 Å². The van der Waals surface area contributed by atoms with E-state index in [9.17, 15) is 3.44 Å². The van der Waals surface area contributed by atoms with Crippen molar-refractivity contribution in [3.05, 3.63) is 30.3 Å². The summed E-state index contributed by atoms with van der Waals surface area (Å²) in [7, 11) is 0. The van der Waals surface area contributed by atoms with Gasteiger partial charge in [0.2, 0.25) is 0 Å². The van der Waals surface area contributed by atoms with Gasteiger partial charge in [0.15, 0.2) is 0 Å². The van der Waals surface area contributed by atoms with Crippen LogP contribution >= 0.6 is 0 Å². The molecule has 0 radical (unpaired) electrons. The fourth-order valence-corrected chi connectivity index (χ4v) is 11.7. The Bertz CT molecular complexity index is 272. The van der Waals surface area contributed by atoms with Crippen molar-refractivity contribution in [2.75, 3.05) is 0 Å². The van der Waals surface area contributed by atoms with E-state index in [0.29, 0.717) is 7.87 Å². The Morgan fingerprint density at radius 2 is 1.36 bits per heavy atom. The minimum absolute atomic E-state index is 0.437. The van der Waals surface area contributed by atoms with Gasteiger partial charge in [-0.15, -0.1) is 0 Å². The van der Waals surface area contributed by atoms with Crippen molar-refractivity contribution in [3.8, 4) is 0 Å². The van der Waals surface area contributed by atoms with Gasteiger partial charge in [-0.2, -0.15) is 0 Å². The van der Waals surface area contributed by atoms with E-state index in [1.807, 2.05) is 18.2 Å². The molecular weight excluding hydrogens is 279 g/mol. The molecule has 78 valence electrons. The third-order valence-electron chi connectivity index (χ3n) is 3.00. The molecule has 0 aromatic heterocycles. The zero-order valence-electron chi connectivity index (χ0n) is 9.49. The third kappa shape index (κ3) is 2.14. The second-order valence-corrected chi connectivity index (χ2v) is 17.5. The molecule has 2 heteroatoms. The molecule has 0 unspecified atom stereocenters. The van der Waals surface area contributed by atoms with E-state index in [4.69, 9.17) is 0 Å². The van der Waals surface area contributed by atoms with Gasteiger partial charge in [0.25, 0.3) is 0 Å². The average molecular weight is 299 g/mol. The van der Waals surface area contributed by atoms with Crippen molar-refractivity contribution in [2.24, 2.45) is 0 Å². The van der Waals surface area contributed by atoms with E-state index >= 15 is 0 Å². The minimum atomic E-state index is -3.09. The zero-order valence-corrected chi connectivity index (χ0v) is 12.3. The molecule has 0 saturated carbocycles. The standard InChI is InChI=1S/C6H5.2C3H7.H2O.Sn/c1-2-4-6-5-3-1;2*1-3-2;;/h1-5H;2*3H,1-2H3;1H2;/q;;;;+1/p-1. The number of hydrogen-bond acceptors (Lipinski definition) is 1. The fourth-order valence-electron chi connectivity index (χ4n) is 2.04. The van der Waals surface area contributed by atoms with Gasteiger partial charge in [-0.25, -0.2) is 0 Å². The van der Waals surface area contributed by atoms with Crippen molar-refractivity contribution < 1.29 is 3.44 Å². The second-order valence-electron chi connectivity index (χ2n) is 4.50. The van der Waals surface area contributed by atoms with Crippen LogP contribution in [0.2, 0.25) is 7.87 Å². The van der Waals surface area contributed by atoms with Gasteiger partial charge in [0, 0.05) is 0 Å². The Balaban J connectivity index is 3.13. The van der Waals surface area contributed by atoms with E-state index in [1.54, 1.807) is 0 Å². The molecule has 14 heavy (non-hydrogen) atoms. The zero-order chi connectivity index (χ0) is 10.8. The summed E-state index contributed by atoms with van der Waals surface area (Å²) in [4.78, 5) is 0. The Morgan fingerprint density at radius 1 is 0.929 bits per heavy atom. The van der Waals surface area contributed by atoms with Crippen molar-refractivity contribution in [1.29, 1.82) is 0 Å². The molecule has 0 amide bonds. The van der Waals surface area contributed by atoms with E-state index in [2.05, 4.69) is 39.8 Å². The molecule has 0 aliphatic rings. The van der Waals surface area contributed by atoms with Gasteiger partial charge < -0.3 is 0 Å².